The van der Waals surface area contributed by atoms with Crippen LogP contribution in [0.15, 0.2) is 17.0 Å². The summed E-state index contributed by atoms with van der Waals surface area (Å²) in [6, 6.07) is 1.69. The van der Waals surface area contributed by atoms with E-state index < -0.39 is 7.60 Å². The van der Waals surface area contributed by atoms with Gasteiger partial charge in [-0.3, -0.25) is 4.57 Å². The highest BCUT2D eigenvalue weighted by Gasteiger charge is 2.24. The van der Waals surface area contributed by atoms with Gasteiger partial charge >= 0.3 is 7.60 Å². The first kappa shape index (κ1) is 13.8. The molecule has 0 fully saturated rings. The minimum atomic E-state index is -3.07. The molecule has 0 saturated carbocycles. The number of rotatable bonds is 6. The lowest BCUT2D eigenvalue weighted by Crippen LogP contribution is -2.01. The lowest BCUT2D eigenvalue weighted by Gasteiger charge is -2.16. The van der Waals surface area contributed by atoms with Crippen molar-refractivity contribution in [1.29, 1.82) is 0 Å². The molecule has 0 aliphatic carbocycles. The van der Waals surface area contributed by atoms with Crippen LogP contribution in [0.25, 0.3) is 0 Å². The van der Waals surface area contributed by atoms with E-state index in [2.05, 4.69) is 25.9 Å². The predicted molar refractivity (Wildman–Crippen MR) is 64.3 cm³/mol. The van der Waals surface area contributed by atoms with E-state index in [0.717, 1.165) is 0 Å². The predicted octanol–water partition coefficient (Wildman–Crippen LogP) is 3.01. The smallest absolute Gasteiger partial charge is 0.309 e. The average molecular weight is 309 g/mol. The first-order chi connectivity index (χ1) is 7.59. The maximum absolute atomic E-state index is 12.2. The van der Waals surface area contributed by atoms with Crippen LogP contribution in [0.1, 0.15) is 19.5 Å². The summed E-state index contributed by atoms with van der Waals surface area (Å²) in [5.74, 6) is 0. The van der Waals surface area contributed by atoms with Gasteiger partial charge in [0.15, 0.2) is 4.73 Å². The molecular formula is C9H14BrN2O3P. The van der Waals surface area contributed by atoms with E-state index in [1.54, 1.807) is 26.1 Å². The molecule has 1 aromatic heterocycles. The topological polar surface area (TPSA) is 61.3 Å². The molecule has 1 heterocycles. The number of halogens is 1. The van der Waals surface area contributed by atoms with Gasteiger partial charge in [0.25, 0.3) is 0 Å². The fourth-order valence-corrected chi connectivity index (χ4v) is 3.14. The number of hydrogen-bond donors (Lipinski definition) is 0. The zero-order chi connectivity index (χ0) is 12.0. The van der Waals surface area contributed by atoms with Crippen molar-refractivity contribution in [2.75, 3.05) is 13.2 Å². The van der Waals surface area contributed by atoms with Crippen LogP contribution in [0.2, 0.25) is 0 Å². The SMILES string of the molecule is CCOP(=O)(Cc1ccnc(Br)n1)OCC. The molecule has 0 N–H and O–H groups in total. The Morgan fingerprint density at radius 3 is 2.50 bits per heavy atom. The summed E-state index contributed by atoms with van der Waals surface area (Å²) in [4.78, 5) is 7.99. The van der Waals surface area contributed by atoms with E-state index in [4.69, 9.17) is 9.05 Å². The summed E-state index contributed by atoms with van der Waals surface area (Å²) < 4.78 is 23.0. The summed E-state index contributed by atoms with van der Waals surface area (Å²) in [6.07, 6.45) is 1.75. The lowest BCUT2D eigenvalue weighted by molar-refractivity contribution is 0.219. The molecule has 0 amide bonds. The van der Waals surface area contributed by atoms with Gasteiger partial charge in [-0.05, 0) is 35.8 Å². The molecule has 5 nitrogen and oxygen atoms in total. The van der Waals surface area contributed by atoms with Gasteiger partial charge in [0.2, 0.25) is 0 Å². The minimum Gasteiger partial charge on any atom is -0.309 e. The third-order valence-electron chi connectivity index (χ3n) is 1.69. The Morgan fingerprint density at radius 1 is 1.38 bits per heavy atom. The molecule has 7 heteroatoms. The van der Waals surface area contributed by atoms with Crippen molar-refractivity contribution in [3.63, 3.8) is 0 Å². The monoisotopic (exact) mass is 308 g/mol. The van der Waals surface area contributed by atoms with Gasteiger partial charge in [-0.25, -0.2) is 9.97 Å². The Kier molecular flexibility index (Phi) is 5.55. The van der Waals surface area contributed by atoms with Crippen molar-refractivity contribution in [3.05, 3.63) is 22.7 Å². The van der Waals surface area contributed by atoms with Gasteiger partial charge in [0.05, 0.1) is 25.1 Å². The fraction of sp³-hybridized carbons (Fsp3) is 0.556. The molecule has 0 aliphatic rings. The molecule has 0 atom stereocenters. The molecule has 0 aliphatic heterocycles. The third kappa shape index (κ3) is 4.29. The highest BCUT2D eigenvalue weighted by atomic mass is 79.9. The van der Waals surface area contributed by atoms with E-state index in [9.17, 15) is 4.57 Å². The van der Waals surface area contributed by atoms with Crippen LogP contribution in [-0.2, 0) is 19.8 Å². The number of nitrogens with zero attached hydrogens (tertiary/aromatic N) is 2. The van der Waals surface area contributed by atoms with Crippen LogP contribution in [-0.4, -0.2) is 23.2 Å². The molecule has 1 rings (SSSR count). The highest BCUT2D eigenvalue weighted by molar-refractivity contribution is 9.10. The Bertz CT molecular complexity index is 379. The zero-order valence-electron chi connectivity index (χ0n) is 9.22. The Balaban J connectivity index is 2.79. The van der Waals surface area contributed by atoms with Gasteiger partial charge in [0, 0.05) is 6.20 Å². The molecule has 1 aromatic rings. The quantitative estimate of drug-likeness (QED) is 0.597. The maximum Gasteiger partial charge on any atom is 0.336 e. The largest absolute Gasteiger partial charge is 0.336 e. The standard InChI is InChI=1S/C9H14BrN2O3P/c1-3-14-16(13,15-4-2)7-8-5-6-11-9(10)12-8/h5-6H,3-4,7H2,1-2H3. The van der Waals surface area contributed by atoms with Gasteiger partial charge in [-0.2, -0.15) is 0 Å². The van der Waals surface area contributed by atoms with E-state index in [1.807, 2.05) is 0 Å². The normalized spacial score (nSPS) is 11.7. The summed E-state index contributed by atoms with van der Waals surface area (Å²) in [5, 5.41) is 0. The summed E-state index contributed by atoms with van der Waals surface area (Å²) in [7, 11) is -3.07. The van der Waals surface area contributed by atoms with E-state index >= 15 is 0 Å². The molecule has 16 heavy (non-hydrogen) atoms. The molecule has 0 radical (unpaired) electrons. The molecule has 0 aromatic carbocycles. The highest BCUT2D eigenvalue weighted by Crippen LogP contribution is 2.50. The molecule has 0 bridgehead atoms. The minimum absolute atomic E-state index is 0.163. The molecule has 90 valence electrons. The number of aromatic nitrogens is 2. The first-order valence-electron chi connectivity index (χ1n) is 4.95. The zero-order valence-corrected chi connectivity index (χ0v) is 11.7. The Morgan fingerprint density at radius 2 is 2.00 bits per heavy atom. The second kappa shape index (κ2) is 6.45. The molecular weight excluding hydrogens is 295 g/mol. The van der Waals surface area contributed by atoms with Crippen molar-refractivity contribution in [1.82, 2.24) is 9.97 Å². The van der Waals surface area contributed by atoms with E-state index in [1.165, 1.54) is 0 Å². The van der Waals surface area contributed by atoms with Crippen LogP contribution in [0.4, 0.5) is 0 Å². The van der Waals surface area contributed by atoms with Crippen molar-refractivity contribution >= 4 is 23.5 Å². The maximum atomic E-state index is 12.2. The third-order valence-corrected chi connectivity index (χ3v) is 4.09. The van der Waals surface area contributed by atoms with E-state index in [0.29, 0.717) is 23.6 Å². The van der Waals surface area contributed by atoms with Crippen LogP contribution in [0.5, 0.6) is 0 Å². The summed E-state index contributed by atoms with van der Waals surface area (Å²) in [5.41, 5.74) is 0.632. The van der Waals surface area contributed by atoms with Gasteiger partial charge < -0.3 is 9.05 Å². The van der Waals surface area contributed by atoms with Crippen LogP contribution < -0.4 is 0 Å². The second-order valence-corrected chi connectivity index (χ2v) is 5.69. The fourth-order valence-electron chi connectivity index (χ4n) is 1.18. The van der Waals surface area contributed by atoms with E-state index in [-0.39, 0.29) is 6.16 Å². The molecule has 0 unspecified atom stereocenters. The first-order valence-corrected chi connectivity index (χ1v) is 7.47. The van der Waals surface area contributed by atoms with Gasteiger partial charge in [0.1, 0.15) is 0 Å². The average Bonchev–Trinajstić information content (AvgIpc) is 2.17. The molecule has 0 spiro atoms. The van der Waals surface area contributed by atoms with Crippen LogP contribution in [0, 0.1) is 0 Å². The van der Waals surface area contributed by atoms with Crippen LogP contribution in [0.3, 0.4) is 0 Å². The van der Waals surface area contributed by atoms with Crippen molar-refractivity contribution in [3.8, 4) is 0 Å². The number of hydrogen-bond acceptors (Lipinski definition) is 5. The van der Waals surface area contributed by atoms with Crippen molar-refractivity contribution in [2.45, 2.75) is 20.0 Å². The second-order valence-electron chi connectivity index (χ2n) is 2.92. The Hall–Kier alpha value is -0.290. The van der Waals surface area contributed by atoms with Gasteiger partial charge in [-0.1, -0.05) is 0 Å². The summed E-state index contributed by atoms with van der Waals surface area (Å²) in [6.45, 7) is 4.26. The molecule has 0 saturated heterocycles. The van der Waals surface area contributed by atoms with Crippen LogP contribution >= 0.6 is 23.5 Å². The Labute approximate surface area is 103 Å². The lowest BCUT2D eigenvalue weighted by atomic mass is 10.5. The van der Waals surface area contributed by atoms with Gasteiger partial charge in [-0.15, -0.1) is 0 Å². The van der Waals surface area contributed by atoms with Crippen molar-refractivity contribution in [2.24, 2.45) is 0 Å². The summed E-state index contributed by atoms with van der Waals surface area (Å²) >= 11 is 3.15. The van der Waals surface area contributed by atoms with Crippen molar-refractivity contribution < 1.29 is 13.6 Å².